The first-order chi connectivity index (χ1) is 7.95. The van der Waals surface area contributed by atoms with Crippen molar-refractivity contribution in [1.29, 1.82) is 0 Å². The molecule has 6 nitrogen and oxygen atoms in total. The Hall–Kier alpha value is -1.50. The number of rotatable bonds is 4. The van der Waals surface area contributed by atoms with Gasteiger partial charge in [-0.05, 0) is 20.3 Å². The molecule has 1 unspecified atom stereocenters. The Morgan fingerprint density at radius 2 is 2.24 bits per heavy atom. The maximum absolute atomic E-state index is 11.7. The fraction of sp³-hybridized carbons (Fsp3) is 0.500. The fourth-order valence-electron chi connectivity index (χ4n) is 1.02. The highest BCUT2D eigenvalue weighted by atomic mass is 32.2. The van der Waals surface area contributed by atoms with Crippen LogP contribution in [0.4, 0.5) is 0 Å². The molecule has 0 radical (unpaired) electrons. The molecule has 0 bridgehead atoms. The van der Waals surface area contributed by atoms with Gasteiger partial charge in [-0.15, -0.1) is 0 Å². The van der Waals surface area contributed by atoms with E-state index in [-0.39, 0.29) is 11.1 Å². The Morgan fingerprint density at radius 3 is 2.65 bits per heavy atom. The largest absolute Gasteiger partial charge is 0.477 e. The average molecular weight is 258 g/mol. The van der Waals surface area contributed by atoms with Gasteiger partial charge < -0.3 is 14.6 Å². The average Bonchev–Trinajstić information content (AvgIpc) is 2.64. The zero-order valence-corrected chi connectivity index (χ0v) is 10.6. The summed E-state index contributed by atoms with van der Waals surface area (Å²) < 4.78 is 7.75. The molecule has 0 saturated heterocycles. The molecule has 1 aliphatic rings. The normalized spacial score (nSPS) is 19.1. The third-order valence-corrected chi connectivity index (χ3v) is 2.97. The Bertz CT molecular complexity index is 403. The minimum absolute atomic E-state index is 0.128. The Kier molecular flexibility index (Phi) is 4.56. The smallest absolute Gasteiger partial charge is 0.348 e. The number of carboxylic acid groups (broad SMARTS) is 1. The molecule has 0 amide bonds. The van der Waals surface area contributed by atoms with Gasteiger partial charge in [-0.2, -0.15) is 0 Å². The van der Waals surface area contributed by atoms with E-state index in [1.165, 1.54) is 0 Å². The van der Waals surface area contributed by atoms with Crippen LogP contribution in [0.5, 0.6) is 0 Å². The van der Waals surface area contributed by atoms with Crippen molar-refractivity contribution in [3.8, 4) is 0 Å². The molecule has 1 rings (SSSR count). The molecular formula is C10H14N2O4S. The van der Waals surface area contributed by atoms with Gasteiger partial charge in [-0.25, -0.2) is 14.6 Å². The standard InChI is InChI=1S/C10H14N2O4S/c1-4-5(2)16-10(15)7(9(13)14)8-11-6(3)12-17-8/h5H,4H2,1-3H3,(H,11,12)(H,13,14). The van der Waals surface area contributed by atoms with Crippen LogP contribution in [0.15, 0.2) is 15.6 Å². The van der Waals surface area contributed by atoms with E-state index in [4.69, 9.17) is 9.84 Å². The van der Waals surface area contributed by atoms with E-state index >= 15 is 0 Å². The van der Waals surface area contributed by atoms with Gasteiger partial charge in [0, 0.05) is 11.9 Å². The number of aliphatic carboxylic acids is 1. The van der Waals surface area contributed by atoms with Gasteiger partial charge in [0.2, 0.25) is 0 Å². The van der Waals surface area contributed by atoms with Crippen LogP contribution in [0.2, 0.25) is 0 Å². The molecular weight excluding hydrogens is 244 g/mol. The SMILES string of the molecule is CCC(C)OC(=O)C(C(=O)O)=C1N=C(C)NS1. The lowest BCUT2D eigenvalue weighted by molar-refractivity contribution is -0.147. The summed E-state index contributed by atoms with van der Waals surface area (Å²) in [6.45, 7) is 5.23. The molecule has 1 heterocycles. The number of hydrogen-bond acceptors (Lipinski definition) is 6. The van der Waals surface area contributed by atoms with Crippen molar-refractivity contribution >= 4 is 29.7 Å². The Morgan fingerprint density at radius 1 is 1.59 bits per heavy atom. The Labute approximate surface area is 103 Å². The molecule has 0 saturated carbocycles. The molecule has 7 heteroatoms. The van der Waals surface area contributed by atoms with E-state index in [0.29, 0.717) is 12.3 Å². The zero-order chi connectivity index (χ0) is 13.0. The van der Waals surface area contributed by atoms with Gasteiger partial charge in [0.25, 0.3) is 0 Å². The second kappa shape index (κ2) is 5.72. The maximum atomic E-state index is 11.7. The summed E-state index contributed by atoms with van der Waals surface area (Å²) in [7, 11) is 0. The van der Waals surface area contributed by atoms with E-state index < -0.39 is 17.5 Å². The summed E-state index contributed by atoms with van der Waals surface area (Å²) in [6.07, 6.45) is 0.309. The van der Waals surface area contributed by atoms with E-state index in [9.17, 15) is 9.59 Å². The van der Waals surface area contributed by atoms with Crippen LogP contribution in [0, 0.1) is 0 Å². The van der Waals surface area contributed by atoms with Gasteiger partial charge in [0.15, 0.2) is 5.57 Å². The van der Waals surface area contributed by atoms with Crippen LogP contribution >= 0.6 is 11.9 Å². The van der Waals surface area contributed by atoms with Crippen molar-refractivity contribution in [2.45, 2.75) is 33.3 Å². The van der Waals surface area contributed by atoms with Crippen LogP contribution in [-0.4, -0.2) is 29.0 Å². The van der Waals surface area contributed by atoms with Crippen molar-refractivity contribution in [2.24, 2.45) is 4.99 Å². The van der Waals surface area contributed by atoms with Crippen molar-refractivity contribution < 1.29 is 19.4 Å². The van der Waals surface area contributed by atoms with Crippen molar-refractivity contribution in [3.05, 3.63) is 10.6 Å². The molecule has 1 aliphatic heterocycles. The van der Waals surface area contributed by atoms with E-state index in [2.05, 4.69) is 9.71 Å². The third kappa shape index (κ3) is 3.48. The quantitative estimate of drug-likeness (QED) is 0.260. The van der Waals surface area contributed by atoms with Crippen molar-refractivity contribution in [2.75, 3.05) is 0 Å². The van der Waals surface area contributed by atoms with Gasteiger partial charge in [-0.3, -0.25) is 0 Å². The molecule has 0 spiro atoms. The first-order valence-corrected chi connectivity index (χ1v) is 5.94. The highest BCUT2D eigenvalue weighted by Crippen LogP contribution is 2.25. The summed E-state index contributed by atoms with van der Waals surface area (Å²) >= 11 is 0.994. The molecule has 94 valence electrons. The maximum Gasteiger partial charge on any atom is 0.348 e. The first kappa shape index (κ1) is 13.6. The minimum atomic E-state index is -1.33. The molecule has 0 aromatic rings. The number of aliphatic imine (C=N–C) groups is 1. The van der Waals surface area contributed by atoms with Gasteiger partial charge in [-0.1, -0.05) is 6.92 Å². The lowest BCUT2D eigenvalue weighted by Gasteiger charge is -2.11. The fourth-order valence-corrected chi connectivity index (χ4v) is 1.76. The number of carboxylic acids is 1. The van der Waals surface area contributed by atoms with Gasteiger partial charge in [0.1, 0.15) is 10.9 Å². The van der Waals surface area contributed by atoms with Gasteiger partial charge >= 0.3 is 11.9 Å². The topological polar surface area (TPSA) is 88.0 Å². The van der Waals surface area contributed by atoms with Crippen molar-refractivity contribution in [3.63, 3.8) is 0 Å². The first-order valence-electron chi connectivity index (χ1n) is 5.12. The van der Waals surface area contributed by atoms with Crippen LogP contribution < -0.4 is 4.72 Å². The molecule has 1 atom stereocenters. The second-order valence-corrected chi connectivity index (χ2v) is 4.31. The Balaban J connectivity index is 2.95. The number of ether oxygens (including phenoxy) is 1. The lowest BCUT2D eigenvalue weighted by atomic mass is 10.2. The molecule has 0 aliphatic carbocycles. The minimum Gasteiger partial charge on any atom is -0.477 e. The van der Waals surface area contributed by atoms with Crippen LogP contribution in [-0.2, 0) is 14.3 Å². The molecule has 17 heavy (non-hydrogen) atoms. The highest BCUT2D eigenvalue weighted by molar-refractivity contribution is 8.02. The van der Waals surface area contributed by atoms with Gasteiger partial charge in [0.05, 0.1) is 6.10 Å². The predicted molar refractivity (Wildman–Crippen MR) is 64.3 cm³/mol. The number of carbonyl (C=O) groups is 2. The number of esters is 1. The third-order valence-electron chi connectivity index (χ3n) is 2.08. The highest BCUT2D eigenvalue weighted by Gasteiger charge is 2.28. The summed E-state index contributed by atoms with van der Waals surface area (Å²) in [5.74, 6) is -1.63. The number of amidine groups is 1. The van der Waals surface area contributed by atoms with E-state index in [1.54, 1.807) is 13.8 Å². The monoisotopic (exact) mass is 258 g/mol. The molecule has 0 aromatic heterocycles. The summed E-state index contributed by atoms with van der Waals surface area (Å²) in [4.78, 5) is 26.6. The number of hydrogen-bond donors (Lipinski definition) is 2. The predicted octanol–water partition coefficient (Wildman–Crippen LogP) is 1.29. The van der Waals surface area contributed by atoms with Crippen LogP contribution in [0.1, 0.15) is 27.2 Å². The van der Waals surface area contributed by atoms with Crippen molar-refractivity contribution in [1.82, 2.24) is 4.72 Å². The lowest BCUT2D eigenvalue weighted by Crippen LogP contribution is -2.21. The van der Waals surface area contributed by atoms with E-state index in [1.807, 2.05) is 6.92 Å². The number of nitrogens with zero attached hydrogens (tertiary/aromatic N) is 1. The summed E-state index contributed by atoms with van der Waals surface area (Å²) in [5, 5.41) is 9.13. The summed E-state index contributed by atoms with van der Waals surface area (Å²) in [5.41, 5.74) is -0.431. The molecule has 0 aromatic carbocycles. The van der Waals surface area contributed by atoms with Crippen LogP contribution in [0.25, 0.3) is 0 Å². The number of carbonyl (C=O) groups excluding carboxylic acids is 1. The zero-order valence-electron chi connectivity index (χ0n) is 9.81. The summed E-state index contributed by atoms with van der Waals surface area (Å²) in [6, 6.07) is 0. The second-order valence-electron chi connectivity index (χ2n) is 3.51. The number of nitrogens with one attached hydrogen (secondary N) is 1. The molecule has 0 fully saturated rings. The molecule has 2 N–H and O–H groups in total. The van der Waals surface area contributed by atoms with E-state index in [0.717, 1.165) is 11.9 Å². The van der Waals surface area contributed by atoms with Crippen LogP contribution in [0.3, 0.4) is 0 Å².